The van der Waals surface area contributed by atoms with Crippen LogP contribution >= 0.6 is 0 Å². The third kappa shape index (κ3) is 4.09. The number of nitrogens with one attached hydrogen (secondary N) is 2. The van der Waals surface area contributed by atoms with Gasteiger partial charge in [-0.05, 0) is 18.6 Å². The number of nitrogens with zero attached hydrogens (tertiary/aromatic N) is 4. The summed E-state index contributed by atoms with van der Waals surface area (Å²) < 4.78 is 34.1. The molecule has 0 atom stereocenters. The highest BCUT2D eigenvalue weighted by Gasteiger charge is 2.20. The number of rotatable bonds is 8. The zero-order valence-electron chi connectivity index (χ0n) is 14.5. The van der Waals surface area contributed by atoms with Crippen LogP contribution in [0.2, 0.25) is 0 Å². The van der Waals surface area contributed by atoms with Gasteiger partial charge < -0.3 is 10.1 Å². The Labute approximate surface area is 151 Å². The molecular formula is C16H20N6O3S. The monoisotopic (exact) mass is 376 g/mol. The molecule has 3 rings (SSSR count). The van der Waals surface area contributed by atoms with Gasteiger partial charge >= 0.3 is 0 Å². The molecule has 0 saturated carbocycles. The van der Waals surface area contributed by atoms with E-state index >= 15 is 0 Å². The van der Waals surface area contributed by atoms with Crippen molar-refractivity contribution in [3.8, 4) is 0 Å². The molecule has 0 amide bonds. The lowest BCUT2D eigenvalue weighted by Crippen LogP contribution is -2.17. The van der Waals surface area contributed by atoms with Crippen molar-refractivity contribution in [2.75, 3.05) is 30.3 Å². The number of hydrogen-bond acceptors (Lipinski definition) is 7. The summed E-state index contributed by atoms with van der Waals surface area (Å²) in [6.07, 6.45) is 3.45. The van der Waals surface area contributed by atoms with Crippen LogP contribution in [-0.2, 0) is 21.8 Å². The second-order valence-electron chi connectivity index (χ2n) is 5.64. The molecule has 2 heterocycles. The number of aryl methyl sites for hydroxylation is 1. The van der Waals surface area contributed by atoms with Crippen molar-refractivity contribution in [1.29, 1.82) is 0 Å². The van der Waals surface area contributed by atoms with E-state index in [1.54, 1.807) is 20.2 Å². The lowest BCUT2D eigenvalue weighted by molar-refractivity contribution is 0.198. The molecule has 1 aromatic carbocycles. The second-order valence-corrected chi connectivity index (χ2v) is 7.32. The van der Waals surface area contributed by atoms with Gasteiger partial charge in [0.25, 0.3) is 10.0 Å². The van der Waals surface area contributed by atoms with Gasteiger partial charge in [0.05, 0.1) is 17.2 Å². The average Bonchev–Trinajstić information content (AvgIpc) is 3.06. The van der Waals surface area contributed by atoms with Crippen molar-refractivity contribution in [2.45, 2.75) is 11.3 Å². The molecule has 0 saturated heterocycles. The zero-order chi connectivity index (χ0) is 18.6. The van der Waals surface area contributed by atoms with Crippen molar-refractivity contribution >= 4 is 32.7 Å². The van der Waals surface area contributed by atoms with E-state index in [4.69, 9.17) is 4.74 Å². The van der Waals surface area contributed by atoms with Gasteiger partial charge in [-0.3, -0.25) is 9.40 Å². The third-order valence-electron chi connectivity index (χ3n) is 3.61. The fraction of sp³-hybridized carbons (Fsp3) is 0.312. The van der Waals surface area contributed by atoms with Gasteiger partial charge in [0.2, 0.25) is 0 Å². The Bertz CT molecular complexity index is 1000. The fourth-order valence-corrected chi connectivity index (χ4v) is 3.33. The van der Waals surface area contributed by atoms with Gasteiger partial charge in [0.15, 0.2) is 11.6 Å². The number of sulfonamides is 1. The number of para-hydroxylation sites is 2. The first kappa shape index (κ1) is 18.1. The number of aromatic nitrogens is 4. The smallest absolute Gasteiger partial charge is 0.266 e. The topological polar surface area (TPSA) is 111 Å². The summed E-state index contributed by atoms with van der Waals surface area (Å²) in [6, 6.07) is 7.27. The highest BCUT2D eigenvalue weighted by molar-refractivity contribution is 7.92. The number of anilines is 2. The van der Waals surface area contributed by atoms with Crippen LogP contribution < -0.4 is 10.0 Å². The molecule has 2 aromatic heterocycles. The summed E-state index contributed by atoms with van der Waals surface area (Å²) in [5, 5.41) is 7.02. The predicted octanol–water partition coefficient (Wildman–Crippen LogP) is 1.61. The maximum Gasteiger partial charge on any atom is 0.266 e. The molecule has 2 N–H and O–H groups in total. The molecule has 0 spiro atoms. The SMILES string of the molecule is COCCCNc1nc2ccccc2nc1NS(=O)(=O)c1cnn(C)c1. The Balaban J connectivity index is 1.94. The molecular weight excluding hydrogens is 356 g/mol. The van der Waals surface area contributed by atoms with Crippen molar-refractivity contribution in [2.24, 2.45) is 7.05 Å². The molecule has 0 aliphatic carbocycles. The van der Waals surface area contributed by atoms with Gasteiger partial charge in [-0.15, -0.1) is 0 Å². The lowest BCUT2D eigenvalue weighted by atomic mass is 10.3. The van der Waals surface area contributed by atoms with E-state index in [-0.39, 0.29) is 10.7 Å². The van der Waals surface area contributed by atoms with E-state index < -0.39 is 10.0 Å². The number of methoxy groups -OCH3 is 1. The molecule has 0 aliphatic rings. The second kappa shape index (κ2) is 7.67. The van der Waals surface area contributed by atoms with Gasteiger partial charge in [-0.1, -0.05) is 12.1 Å². The molecule has 0 radical (unpaired) electrons. The van der Waals surface area contributed by atoms with Gasteiger partial charge in [-0.25, -0.2) is 18.4 Å². The molecule has 0 fully saturated rings. The van der Waals surface area contributed by atoms with Crippen LogP contribution in [0.3, 0.4) is 0 Å². The highest BCUT2D eigenvalue weighted by Crippen LogP contribution is 2.24. The lowest BCUT2D eigenvalue weighted by Gasteiger charge is -2.13. The minimum Gasteiger partial charge on any atom is -0.385 e. The van der Waals surface area contributed by atoms with Crippen LogP contribution in [0.25, 0.3) is 11.0 Å². The highest BCUT2D eigenvalue weighted by atomic mass is 32.2. The third-order valence-corrected chi connectivity index (χ3v) is 4.90. The summed E-state index contributed by atoms with van der Waals surface area (Å²) in [6.45, 7) is 1.16. The summed E-state index contributed by atoms with van der Waals surface area (Å²) in [7, 11) is -0.541. The Hall–Kier alpha value is -2.72. The Morgan fingerprint density at radius 2 is 1.85 bits per heavy atom. The van der Waals surface area contributed by atoms with Crippen molar-refractivity contribution in [3.63, 3.8) is 0 Å². The minimum absolute atomic E-state index is 0.0558. The summed E-state index contributed by atoms with van der Waals surface area (Å²) in [5.41, 5.74) is 1.27. The first-order valence-corrected chi connectivity index (χ1v) is 9.49. The summed E-state index contributed by atoms with van der Waals surface area (Å²) in [5.74, 6) is 0.511. The quantitative estimate of drug-likeness (QED) is 0.575. The number of fused-ring (bicyclic) bond motifs is 1. The summed E-state index contributed by atoms with van der Waals surface area (Å²) in [4.78, 5) is 8.97. The molecule has 0 bridgehead atoms. The van der Waals surface area contributed by atoms with E-state index in [9.17, 15) is 8.42 Å². The molecule has 138 valence electrons. The maximum atomic E-state index is 12.6. The zero-order valence-corrected chi connectivity index (χ0v) is 15.3. The molecule has 0 aliphatic heterocycles. The Morgan fingerprint density at radius 1 is 1.15 bits per heavy atom. The maximum absolute atomic E-state index is 12.6. The average molecular weight is 376 g/mol. The minimum atomic E-state index is -3.82. The fourth-order valence-electron chi connectivity index (χ4n) is 2.34. The van der Waals surface area contributed by atoms with Crippen LogP contribution in [0.15, 0.2) is 41.6 Å². The van der Waals surface area contributed by atoms with Crippen LogP contribution in [0.1, 0.15) is 6.42 Å². The normalized spacial score (nSPS) is 11.6. The van der Waals surface area contributed by atoms with E-state index in [1.807, 2.05) is 18.2 Å². The first-order chi connectivity index (χ1) is 12.5. The van der Waals surface area contributed by atoms with E-state index in [2.05, 4.69) is 25.1 Å². The van der Waals surface area contributed by atoms with E-state index in [0.29, 0.717) is 30.0 Å². The van der Waals surface area contributed by atoms with Crippen LogP contribution in [0.5, 0.6) is 0 Å². The number of benzene rings is 1. The van der Waals surface area contributed by atoms with Crippen molar-refractivity contribution in [3.05, 3.63) is 36.7 Å². The summed E-state index contributed by atoms with van der Waals surface area (Å²) >= 11 is 0. The standard InChI is InChI=1S/C16H20N6O3S/c1-22-11-12(10-18-22)26(23,24)21-16-15(17-8-5-9-25-2)19-13-6-3-4-7-14(13)20-16/h3-4,6-7,10-11H,5,8-9H2,1-2H3,(H,17,19)(H,20,21). The molecule has 26 heavy (non-hydrogen) atoms. The van der Waals surface area contributed by atoms with E-state index in [0.717, 1.165) is 6.42 Å². The molecule has 3 aromatic rings. The predicted molar refractivity (Wildman–Crippen MR) is 98.5 cm³/mol. The Morgan fingerprint density at radius 3 is 2.46 bits per heavy atom. The van der Waals surface area contributed by atoms with Crippen molar-refractivity contribution < 1.29 is 13.2 Å². The molecule has 9 nitrogen and oxygen atoms in total. The van der Waals surface area contributed by atoms with Crippen LogP contribution in [-0.4, -0.2) is 48.4 Å². The molecule has 10 heteroatoms. The number of hydrogen-bond donors (Lipinski definition) is 2. The van der Waals surface area contributed by atoms with Gasteiger partial charge in [-0.2, -0.15) is 5.10 Å². The largest absolute Gasteiger partial charge is 0.385 e. The van der Waals surface area contributed by atoms with E-state index in [1.165, 1.54) is 17.1 Å². The molecule has 0 unspecified atom stereocenters. The Kier molecular flexibility index (Phi) is 5.33. The van der Waals surface area contributed by atoms with Crippen LogP contribution in [0.4, 0.5) is 11.6 Å². The first-order valence-electron chi connectivity index (χ1n) is 8.00. The van der Waals surface area contributed by atoms with Crippen molar-refractivity contribution in [1.82, 2.24) is 19.7 Å². The van der Waals surface area contributed by atoms with Crippen LogP contribution in [0, 0.1) is 0 Å². The van der Waals surface area contributed by atoms with Gasteiger partial charge in [0, 0.05) is 33.5 Å². The van der Waals surface area contributed by atoms with Gasteiger partial charge in [0.1, 0.15) is 4.90 Å². The number of ether oxygens (including phenoxy) is 1.